The zero-order valence-corrected chi connectivity index (χ0v) is 11.1. The molecule has 3 nitrogen and oxygen atoms in total. The van der Waals surface area contributed by atoms with Crippen LogP contribution in [0.15, 0.2) is 24.3 Å². The third kappa shape index (κ3) is 6.87. The van der Waals surface area contributed by atoms with Gasteiger partial charge in [0.2, 0.25) is 0 Å². The molecule has 2 atom stereocenters. The largest absolute Gasteiger partial charge is 0.573 e. The van der Waals surface area contributed by atoms with E-state index in [4.69, 9.17) is 5.73 Å². The van der Waals surface area contributed by atoms with Gasteiger partial charge in [0.15, 0.2) is 0 Å². The highest BCUT2D eigenvalue weighted by molar-refractivity contribution is 5.85. The number of hydrogen-bond acceptors (Lipinski definition) is 3. The first-order valence-corrected chi connectivity index (χ1v) is 5.35. The van der Waals surface area contributed by atoms with Crippen molar-refractivity contribution in [3.05, 3.63) is 29.8 Å². The summed E-state index contributed by atoms with van der Waals surface area (Å²) in [6, 6.07) is 1.64. The zero-order chi connectivity index (χ0) is 15.6. The molecular formula is C11H12ClF6NO2. The molecule has 1 rings (SSSR count). The number of alkyl halides is 6. The Hall–Kier alpha value is -1.19. The second-order valence-electron chi connectivity index (χ2n) is 4.02. The highest BCUT2D eigenvalue weighted by atomic mass is 35.5. The molecule has 0 amide bonds. The second kappa shape index (κ2) is 7.19. The maximum Gasteiger partial charge on any atom is 0.573 e. The van der Waals surface area contributed by atoms with E-state index >= 15 is 0 Å². The van der Waals surface area contributed by atoms with Gasteiger partial charge in [-0.05, 0) is 17.7 Å². The van der Waals surface area contributed by atoms with E-state index in [0.29, 0.717) is 0 Å². The highest BCUT2D eigenvalue weighted by Gasteiger charge is 2.38. The van der Waals surface area contributed by atoms with E-state index in [-0.39, 0.29) is 18.0 Å². The van der Waals surface area contributed by atoms with Gasteiger partial charge in [-0.3, -0.25) is 0 Å². The van der Waals surface area contributed by atoms with E-state index in [2.05, 4.69) is 4.74 Å². The van der Waals surface area contributed by atoms with E-state index in [9.17, 15) is 31.4 Å². The molecule has 0 aliphatic heterocycles. The summed E-state index contributed by atoms with van der Waals surface area (Å²) in [5.74, 6) is -0.534. The predicted octanol–water partition coefficient (Wildman–Crippen LogP) is 3.32. The molecule has 0 spiro atoms. The fourth-order valence-electron chi connectivity index (χ4n) is 1.40. The fraction of sp³-hybridized carbons (Fsp3) is 0.455. The van der Waals surface area contributed by atoms with Crippen LogP contribution in [0.5, 0.6) is 5.75 Å². The number of rotatable bonds is 4. The van der Waals surface area contributed by atoms with Gasteiger partial charge in [0.1, 0.15) is 11.8 Å². The summed E-state index contributed by atoms with van der Waals surface area (Å²) in [6.45, 7) is 0. The Morgan fingerprint density at radius 2 is 1.52 bits per heavy atom. The van der Waals surface area contributed by atoms with Gasteiger partial charge in [-0.2, -0.15) is 13.2 Å². The minimum absolute atomic E-state index is 0. The quantitative estimate of drug-likeness (QED) is 0.827. The molecule has 0 fully saturated rings. The van der Waals surface area contributed by atoms with Crippen LogP contribution in [0.1, 0.15) is 18.1 Å². The van der Waals surface area contributed by atoms with E-state index in [1.54, 1.807) is 0 Å². The van der Waals surface area contributed by atoms with Crippen molar-refractivity contribution < 1.29 is 36.2 Å². The molecule has 0 bridgehead atoms. The molecule has 0 unspecified atom stereocenters. The molecule has 1 aromatic carbocycles. The Bertz CT molecular complexity index is 434. The standard InChI is InChI=1S/C11H11F6NO2.ClH/c12-10(13,14)9(18)5-8(19)6-1-3-7(4-2-6)20-11(15,16)17;/h1-4,8-9,19H,5,18H2;1H/t8-,9-;/m0./s1. The molecule has 0 saturated carbocycles. The van der Waals surface area contributed by atoms with Gasteiger partial charge in [-0.1, -0.05) is 12.1 Å². The molecule has 122 valence electrons. The summed E-state index contributed by atoms with van der Waals surface area (Å²) < 4.78 is 75.8. The van der Waals surface area contributed by atoms with E-state index in [1.807, 2.05) is 0 Å². The third-order valence-electron chi connectivity index (χ3n) is 2.40. The maximum atomic E-state index is 12.2. The number of ether oxygens (including phenoxy) is 1. The number of aliphatic hydroxyl groups is 1. The van der Waals surface area contributed by atoms with Crippen LogP contribution in [0.25, 0.3) is 0 Å². The second-order valence-corrected chi connectivity index (χ2v) is 4.02. The van der Waals surface area contributed by atoms with Crippen LogP contribution in [-0.4, -0.2) is 23.7 Å². The molecule has 0 aromatic heterocycles. The van der Waals surface area contributed by atoms with Crippen molar-refractivity contribution in [2.45, 2.75) is 31.1 Å². The van der Waals surface area contributed by atoms with Crippen LogP contribution in [0.4, 0.5) is 26.3 Å². The van der Waals surface area contributed by atoms with E-state index in [1.165, 1.54) is 0 Å². The summed E-state index contributed by atoms with van der Waals surface area (Å²) in [4.78, 5) is 0. The third-order valence-corrected chi connectivity index (χ3v) is 2.40. The molecule has 10 heteroatoms. The van der Waals surface area contributed by atoms with Crippen LogP contribution >= 0.6 is 12.4 Å². The molecule has 0 heterocycles. The van der Waals surface area contributed by atoms with Crippen LogP contribution in [0, 0.1) is 0 Å². The van der Waals surface area contributed by atoms with Crippen molar-refractivity contribution in [3.8, 4) is 5.75 Å². The number of aliphatic hydroxyl groups excluding tert-OH is 1. The van der Waals surface area contributed by atoms with E-state index in [0.717, 1.165) is 24.3 Å². The number of hydrogen-bond donors (Lipinski definition) is 2. The molecule has 0 aliphatic carbocycles. The highest BCUT2D eigenvalue weighted by Crippen LogP contribution is 2.29. The van der Waals surface area contributed by atoms with Gasteiger partial charge in [0.25, 0.3) is 0 Å². The minimum Gasteiger partial charge on any atom is -0.406 e. The molecular weight excluding hydrogens is 328 g/mol. The van der Waals surface area contributed by atoms with Crippen LogP contribution in [-0.2, 0) is 0 Å². The smallest absolute Gasteiger partial charge is 0.406 e. The van der Waals surface area contributed by atoms with Gasteiger partial charge in [0, 0.05) is 6.42 Å². The number of nitrogens with two attached hydrogens (primary N) is 1. The Morgan fingerprint density at radius 1 is 1.05 bits per heavy atom. The summed E-state index contributed by atoms with van der Waals surface area (Å²) >= 11 is 0. The van der Waals surface area contributed by atoms with Crippen molar-refractivity contribution in [3.63, 3.8) is 0 Å². The van der Waals surface area contributed by atoms with Gasteiger partial charge >= 0.3 is 12.5 Å². The van der Waals surface area contributed by atoms with Crippen molar-refractivity contribution >= 4 is 12.4 Å². The van der Waals surface area contributed by atoms with Gasteiger partial charge < -0.3 is 15.6 Å². The van der Waals surface area contributed by atoms with Crippen molar-refractivity contribution in [1.29, 1.82) is 0 Å². The predicted molar refractivity (Wildman–Crippen MR) is 64.0 cm³/mol. The lowest BCUT2D eigenvalue weighted by Gasteiger charge is -2.19. The normalized spacial score (nSPS) is 15.0. The molecule has 0 radical (unpaired) electrons. The molecule has 21 heavy (non-hydrogen) atoms. The average Bonchev–Trinajstić information content (AvgIpc) is 2.26. The van der Waals surface area contributed by atoms with Gasteiger partial charge in [0.05, 0.1) is 6.10 Å². The number of benzene rings is 1. The lowest BCUT2D eigenvalue weighted by molar-refractivity contribution is -0.274. The first-order chi connectivity index (χ1) is 8.99. The van der Waals surface area contributed by atoms with Crippen molar-refractivity contribution in [2.24, 2.45) is 5.73 Å². The summed E-state index contributed by atoms with van der Waals surface area (Å²) in [5.41, 5.74) is 4.86. The Morgan fingerprint density at radius 3 is 1.90 bits per heavy atom. The van der Waals surface area contributed by atoms with Crippen LogP contribution in [0.2, 0.25) is 0 Å². The zero-order valence-electron chi connectivity index (χ0n) is 10.3. The maximum absolute atomic E-state index is 12.2. The minimum atomic E-state index is -4.86. The topological polar surface area (TPSA) is 55.5 Å². The van der Waals surface area contributed by atoms with Crippen molar-refractivity contribution in [2.75, 3.05) is 0 Å². The van der Waals surface area contributed by atoms with Crippen molar-refractivity contribution in [1.82, 2.24) is 0 Å². The Kier molecular flexibility index (Phi) is 6.78. The lowest BCUT2D eigenvalue weighted by atomic mass is 10.0. The van der Waals surface area contributed by atoms with Gasteiger partial charge in [-0.15, -0.1) is 25.6 Å². The molecule has 1 aromatic rings. The first kappa shape index (κ1) is 19.8. The first-order valence-electron chi connectivity index (χ1n) is 5.35. The van der Waals surface area contributed by atoms with Gasteiger partial charge in [-0.25, -0.2) is 0 Å². The Labute approximate surface area is 122 Å². The Balaban J connectivity index is 0.00000400. The van der Waals surface area contributed by atoms with Crippen LogP contribution in [0.3, 0.4) is 0 Å². The average molecular weight is 340 g/mol. The van der Waals surface area contributed by atoms with E-state index < -0.39 is 36.9 Å². The lowest BCUT2D eigenvalue weighted by Crippen LogP contribution is -2.38. The monoisotopic (exact) mass is 339 g/mol. The molecule has 0 saturated heterocycles. The summed E-state index contributed by atoms with van der Waals surface area (Å²) in [7, 11) is 0. The SMILES string of the molecule is Cl.N[C@@H](C[C@H](O)c1ccc(OC(F)(F)F)cc1)C(F)(F)F. The fourth-order valence-corrected chi connectivity index (χ4v) is 1.40. The summed E-state index contributed by atoms with van der Waals surface area (Å²) in [6.07, 6.45) is -11.8. The molecule has 0 aliphatic rings. The number of halogens is 7. The van der Waals surface area contributed by atoms with Crippen LogP contribution < -0.4 is 10.5 Å². The summed E-state index contributed by atoms with van der Waals surface area (Å²) in [5, 5.41) is 9.53. The molecule has 3 N–H and O–H groups in total.